The number of carbonyl (C=O) groups is 1. The lowest BCUT2D eigenvalue weighted by Gasteiger charge is -2.24. The van der Waals surface area contributed by atoms with Crippen molar-refractivity contribution in [1.29, 1.82) is 0 Å². The highest BCUT2D eigenvalue weighted by Gasteiger charge is 2.11. The van der Waals surface area contributed by atoms with E-state index in [9.17, 15) is 4.79 Å². The van der Waals surface area contributed by atoms with Crippen molar-refractivity contribution in [3.63, 3.8) is 0 Å². The third kappa shape index (κ3) is 6.99. The number of methoxy groups -OCH3 is 1. The number of aliphatic imine (C=N–C) groups is 1. The maximum Gasteiger partial charge on any atom is 0.241 e. The van der Waals surface area contributed by atoms with E-state index in [1.54, 1.807) is 26.1 Å². The lowest BCUT2D eigenvalue weighted by molar-refractivity contribution is -0.127. The molecule has 1 amide bonds. The van der Waals surface area contributed by atoms with Crippen LogP contribution in [0.3, 0.4) is 0 Å². The summed E-state index contributed by atoms with van der Waals surface area (Å²) in [4.78, 5) is 22.5. The van der Waals surface area contributed by atoms with E-state index < -0.39 is 0 Å². The number of likely N-dealkylation sites (N-methyl/N-ethyl adjacent to an activating group) is 1. The Morgan fingerprint density at radius 3 is 2.30 bits per heavy atom. The molecular weight excluding hydrogens is 378 g/mol. The number of amides is 1. The first-order valence-corrected chi connectivity index (χ1v) is 9.89. The molecular formula is C23H33N5O2. The van der Waals surface area contributed by atoms with Crippen molar-refractivity contribution in [3.05, 3.63) is 59.7 Å². The van der Waals surface area contributed by atoms with Gasteiger partial charge in [-0.1, -0.05) is 24.3 Å². The van der Waals surface area contributed by atoms with Gasteiger partial charge in [-0.25, -0.2) is 4.99 Å². The van der Waals surface area contributed by atoms with Gasteiger partial charge < -0.3 is 24.8 Å². The van der Waals surface area contributed by atoms with E-state index in [-0.39, 0.29) is 12.5 Å². The molecule has 2 aromatic rings. The smallest absolute Gasteiger partial charge is 0.241 e. The second-order valence-electron chi connectivity index (χ2n) is 7.55. The molecule has 0 spiro atoms. The highest BCUT2D eigenvalue weighted by molar-refractivity contribution is 5.86. The number of guanidine groups is 1. The van der Waals surface area contributed by atoms with Crippen LogP contribution >= 0.6 is 0 Å². The van der Waals surface area contributed by atoms with E-state index in [0.717, 1.165) is 17.0 Å². The van der Waals surface area contributed by atoms with Crippen LogP contribution in [0.1, 0.15) is 11.1 Å². The number of benzene rings is 2. The van der Waals surface area contributed by atoms with Crippen molar-refractivity contribution in [2.75, 3.05) is 53.8 Å². The Bertz CT molecular complexity index is 847. The number of nitrogens with one attached hydrogen (secondary N) is 1. The molecule has 0 saturated carbocycles. The molecule has 0 bridgehead atoms. The number of hydrogen-bond acceptors (Lipinski definition) is 4. The fraction of sp³-hybridized carbons (Fsp3) is 0.391. The Kier molecular flexibility index (Phi) is 8.53. The Morgan fingerprint density at radius 1 is 1.00 bits per heavy atom. The number of rotatable bonds is 8. The fourth-order valence-electron chi connectivity index (χ4n) is 2.80. The lowest BCUT2D eigenvalue weighted by atomic mass is 10.2. The molecule has 2 aromatic carbocycles. The maximum absolute atomic E-state index is 12.1. The third-order valence-corrected chi connectivity index (χ3v) is 4.68. The Labute approximate surface area is 180 Å². The second-order valence-corrected chi connectivity index (χ2v) is 7.55. The quantitative estimate of drug-likeness (QED) is 0.534. The summed E-state index contributed by atoms with van der Waals surface area (Å²) in [5.74, 6) is 1.49. The largest absolute Gasteiger partial charge is 0.497 e. The van der Waals surface area contributed by atoms with Crippen LogP contribution in [0.4, 0.5) is 5.69 Å². The van der Waals surface area contributed by atoms with E-state index in [4.69, 9.17) is 9.73 Å². The standard InChI is InChI=1S/C23H33N5O2/c1-26(2)20-9-7-8-19(14-20)17-28(5)23(25-16-22(29)27(3)4)24-15-18-10-12-21(30-6)13-11-18/h7-14H,15-17H2,1-6H3,(H,24,25). The molecule has 0 radical (unpaired) electrons. The predicted octanol–water partition coefficient (Wildman–Crippen LogP) is 2.43. The van der Waals surface area contributed by atoms with Gasteiger partial charge in [-0.05, 0) is 35.4 Å². The maximum atomic E-state index is 12.1. The van der Waals surface area contributed by atoms with Crippen LogP contribution in [-0.4, -0.2) is 70.6 Å². The predicted molar refractivity (Wildman–Crippen MR) is 123 cm³/mol. The van der Waals surface area contributed by atoms with Gasteiger partial charge in [0.05, 0.1) is 20.2 Å². The van der Waals surface area contributed by atoms with Crippen LogP contribution in [0.2, 0.25) is 0 Å². The number of hydrogen-bond donors (Lipinski definition) is 1. The summed E-state index contributed by atoms with van der Waals surface area (Å²) in [5, 5.41) is 3.20. The van der Waals surface area contributed by atoms with Crippen molar-refractivity contribution in [2.24, 2.45) is 4.99 Å². The first kappa shape index (κ1) is 23.1. The molecule has 0 fully saturated rings. The van der Waals surface area contributed by atoms with Crippen LogP contribution in [0, 0.1) is 0 Å². The van der Waals surface area contributed by atoms with Crippen molar-refractivity contribution in [1.82, 2.24) is 15.1 Å². The van der Waals surface area contributed by atoms with E-state index in [0.29, 0.717) is 19.0 Å². The van der Waals surface area contributed by atoms with Gasteiger partial charge in [0.15, 0.2) is 5.96 Å². The van der Waals surface area contributed by atoms with E-state index >= 15 is 0 Å². The Morgan fingerprint density at radius 2 is 1.70 bits per heavy atom. The number of ether oxygens (including phenoxy) is 1. The molecule has 162 valence electrons. The summed E-state index contributed by atoms with van der Waals surface area (Å²) >= 11 is 0. The van der Waals surface area contributed by atoms with Crippen molar-refractivity contribution >= 4 is 17.6 Å². The van der Waals surface area contributed by atoms with Crippen LogP contribution in [0.15, 0.2) is 53.5 Å². The molecule has 30 heavy (non-hydrogen) atoms. The van der Waals surface area contributed by atoms with Gasteiger partial charge in [-0.2, -0.15) is 0 Å². The second kappa shape index (κ2) is 11.1. The van der Waals surface area contributed by atoms with Crippen molar-refractivity contribution in [3.8, 4) is 5.75 Å². The van der Waals surface area contributed by atoms with E-state index in [1.165, 1.54) is 5.56 Å². The van der Waals surface area contributed by atoms with Crippen molar-refractivity contribution < 1.29 is 9.53 Å². The molecule has 1 N–H and O–H groups in total. The average Bonchev–Trinajstić information content (AvgIpc) is 2.73. The molecule has 0 aliphatic rings. The summed E-state index contributed by atoms with van der Waals surface area (Å²) in [7, 11) is 11.2. The Hall–Kier alpha value is -3.22. The first-order chi connectivity index (χ1) is 14.3. The molecule has 7 nitrogen and oxygen atoms in total. The lowest BCUT2D eigenvalue weighted by Crippen LogP contribution is -2.43. The van der Waals surface area contributed by atoms with Crippen LogP contribution in [-0.2, 0) is 17.9 Å². The summed E-state index contributed by atoms with van der Waals surface area (Å²) < 4.78 is 5.21. The summed E-state index contributed by atoms with van der Waals surface area (Å²) in [6.07, 6.45) is 0. The van der Waals surface area contributed by atoms with Gasteiger partial charge in [-0.15, -0.1) is 0 Å². The molecule has 0 saturated heterocycles. The highest BCUT2D eigenvalue weighted by Crippen LogP contribution is 2.15. The number of anilines is 1. The minimum Gasteiger partial charge on any atom is -0.497 e. The molecule has 0 atom stereocenters. The van der Waals surface area contributed by atoms with Gasteiger partial charge in [-0.3, -0.25) is 4.79 Å². The van der Waals surface area contributed by atoms with Gasteiger partial charge in [0, 0.05) is 47.5 Å². The van der Waals surface area contributed by atoms with Gasteiger partial charge in [0.25, 0.3) is 0 Å². The zero-order valence-electron chi connectivity index (χ0n) is 18.8. The number of carbonyl (C=O) groups excluding carboxylic acids is 1. The fourth-order valence-corrected chi connectivity index (χ4v) is 2.80. The zero-order valence-corrected chi connectivity index (χ0v) is 18.8. The number of nitrogens with zero attached hydrogens (tertiary/aromatic N) is 4. The monoisotopic (exact) mass is 411 g/mol. The van der Waals surface area contributed by atoms with Gasteiger partial charge >= 0.3 is 0 Å². The van der Waals surface area contributed by atoms with E-state index in [2.05, 4.69) is 34.5 Å². The molecule has 2 rings (SSSR count). The average molecular weight is 412 g/mol. The van der Waals surface area contributed by atoms with Crippen molar-refractivity contribution in [2.45, 2.75) is 13.1 Å². The van der Waals surface area contributed by atoms with Crippen LogP contribution in [0.25, 0.3) is 0 Å². The topological polar surface area (TPSA) is 60.4 Å². The molecule has 0 aromatic heterocycles. The summed E-state index contributed by atoms with van der Waals surface area (Å²) in [6, 6.07) is 16.2. The minimum atomic E-state index is -0.00449. The molecule has 0 aliphatic carbocycles. The van der Waals surface area contributed by atoms with Gasteiger partial charge in [0.2, 0.25) is 5.91 Å². The minimum absolute atomic E-state index is 0.00449. The van der Waals surface area contributed by atoms with Crippen LogP contribution < -0.4 is 15.0 Å². The third-order valence-electron chi connectivity index (χ3n) is 4.68. The molecule has 0 heterocycles. The SMILES string of the molecule is COc1ccc(CN=C(NCC(=O)N(C)C)N(C)Cc2cccc(N(C)C)c2)cc1. The summed E-state index contributed by atoms with van der Waals surface area (Å²) in [6.45, 7) is 1.37. The molecule has 7 heteroatoms. The molecule has 0 unspecified atom stereocenters. The molecule has 0 aliphatic heterocycles. The van der Waals surface area contributed by atoms with E-state index in [1.807, 2.05) is 50.3 Å². The summed E-state index contributed by atoms with van der Waals surface area (Å²) in [5.41, 5.74) is 3.38. The zero-order chi connectivity index (χ0) is 22.1. The normalized spacial score (nSPS) is 11.1. The first-order valence-electron chi connectivity index (χ1n) is 9.89. The highest BCUT2D eigenvalue weighted by atomic mass is 16.5. The van der Waals surface area contributed by atoms with Crippen LogP contribution in [0.5, 0.6) is 5.75 Å². The Balaban J connectivity index is 2.15. The van der Waals surface area contributed by atoms with Gasteiger partial charge in [0.1, 0.15) is 5.75 Å².